The van der Waals surface area contributed by atoms with Crippen molar-refractivity contribution in [2.45, 2.75) is 12.8 Å². The molecule has 0 aliphatic heterocycles. The molecule has 0 fully saturated rings. The molecule has 0 saturated carbocycles. The molecule has 0 aliphatic rings. The highest BCUT2D eigenvalue weighted by Gasteiger charge is 2.15. The van der Waals surface area contributed by atoms with E-state index in [0.29, 0.717) is 41.9 Å². The van der Waals surface area contributed by atoms with Crippen molar-refractivity contribution in [3.8, 4) is 34.5 Å². The van der Waals surface area contributed by atoms with Gasteiger partial charge in [-0.25, -0.2) is 0 Å². The Morgan fingerprint density at radius 1 is 0.821 bits per heavy atom. The summed E-state index contributed by atoms with van der Waals surface area (Å²) in [5, 5.41) is 8.29. The average molecular weight is 449 g/mol. The Balaban J connectivity index is 1.75. The Labute approximate surface area is 171 Å². The molecule has 0 radical (unpaired) electrons. The Bertz CT molecular complexity index is 933. The van der Waals surface area contributed by atoms with Crippen molar-refractivity contribution in [3.63, 3.8) is 0 Å². The molecular formula is C20H21BrN2O5. The number of aryl methyl sites for hydroxylation is 2. The molecule has 0 N–H and O–H groups in total. The van der Waals surface area contributed by atoms with Crippen LogP contribution in [0.4, 0.5) is 0 Å². The van der Waals surface area contributed by atoms with E-state index >= 15 is 0 Å². The Kier molecular flexibility index (Phi) is 6.41. The highest BCUT2D eigenvalue weighted by molar-refractivity contribution is 9.10. The van der Waals surface area contributed by atoms with Crippen LogP contribution in [0.2, 0.25) is 0 Å². The summed E-state index contributed by atoms with van der Waals surface area (Å²) in [7, 11) is 6.39. The number of rotatable bonds is 8. The summed E-state index contributed by atoms with van der Waals surface area (Å²) in [6.07, 6.45) is 1.27. The SMILES string of the molecule is COc1ccc(-c2nnc(CCc3cc(OC)c(OC)c(OC)c3)o2)cc1Br. The van der Waals surface area contributed by atoms with Crippen molar-refractivity contribution in [2.75, 3.05) is 28.4 Å². The minimum Gasteiger partial charge on any atom is -0.496 e. The van der Waals surface area contributed by atoms with Gasteiger partial charge in [0.25, 0.3) is 0 Å². The average Bonchev–Trinajstić information content (AvgIpc) is 3.20. The number of aromatic nitrogens is 2. The molecule has 148 valence electrons. The standard InChI is InChI=1S/C20H21BrN2O5/c1-24-15-7-6-13(11-14(15)21)20-23-22-18(28-20)8-5-12-9-16(25-2)19(27-4)17(10-12)26-3/h6-7,9-11H,5,8H2,1-4H3. The van der Waals surface area contributed by atoms with E-state index in [1.807, 2.05) is 30.3 Å². The molecule has 8 heteroatoms. The summed E-state index contributed by atoms with van der Waals surface area (Å²) in [6.45, 7) is 0. The predicted molar refractivity (Wildman–Crippen MR) is 107 cm³/mol. The van der Waals surface area contributed by atoms with Gasteiger partial charge in [0.1, 0.15) is 5.75 Å². The van der Waals surface area contributed by atoms with Gasteiger partial charge in [-0.05, 0) is 58.2 Å². The molecule has 1 aromatic heterocycles. The first kappa shape index (κ1) is 20.0. The van der Waals surface area contributed by atoms with Crippen LogP contribution in [0.25, 0.3) is 11.5 Å². The van der Waals surface area contributed by atoms with Crippen molar-refractivity contribution < 1.29 is 23.4 Å². The minimum absolute atomic E-state index is 0.461. The van der Waals surface area contributed by atoms with Crippen LogP contribution in [-0.4, -0.2) is 38.6 Å². The second-order valence-electron chi connectivity index (χ2n) is 5.88. The number of halogens is 1. The zero-order chi connectivity index (χ0) is 20.1. The van der Waals surface area contributed by atoms with E-state index in [9.17, 15) is 0 Å². The van der Waals surface area contributed by atoms with E-state index in [0.717, 1.165) is 21.3 Å². The monoisotopic (exact) mass is 448 g/mol. The number of hydrogen-bond acceptors (Lipinski definition) is 7. The second-order valence-corrected chi connectivity index (χ2v) is 6.74. The number of ether oxygens (including phenoxy) is 4. The lowest BCUT2D eigenvalue weighted by Crippen LogP contribution is -1.98. The molecular weight excluding hydrogens is 428 g/mol. The molecule has 0 atom stereocenters. The maximum atomic E-state index is 5.81. The first-order valence-electron chi connectivity index (χ1n) is 8.54. The van der Waals surface area contributed by atoms with Gasteiger partial charge in [0, 0.05) is 12.0 Å². The third-order valence-electron chi connectivity index (χ3n) is 4.22. The smallest absolute Gasteiger partial charge is 0.247 e. The summed E-state index contributed by atoms with van der Waals surface area (Å²) < 4.78 is 28.0. The molecule has 3 aromatic rings. The van der Waals surface area contributed by atoms with Gasteiger partial charge in [-0.3, -0.25) is 0 Å². The molecule has 3 rings (SSSR count). The fourth-order valence-corrected chi connectivity index (χ4v) is 3.34. The Hall–Kier alpha value is -2.74. The van der Waals surface area contributed by atoms with Crippen molar-refractivity contribution in [1.29, 1.82) is 0 Å². The topological polar surface area (TPSA) is 75.8 Å². The van der Waals surface area contributed by atoms with E-state index in [1.54, 1.807) is 28.4 Å². The quantitative estimate of drug-likeness (QED) is 0.507. The fourth-order valence-electron chi connectivity index (χ4n) is 2.80. The van der Waals surface area contributed by atoms with Crippen molar-refractivity contribution >= 4 is 15.9 Å². The van der Waals surface area contributed by atoms with E-state index in [-0.39, 0.29) is 0 Å². The second kappa shape index (κ2) is 8.97. The van der Waals surface area contributed by atoms with Gasteiger partial charge in [-0.1, -0.05) is 0 Å². The van der Waals surface area contributed by atoms with Crippen LogP contribution >= 0.6 is 15.9 Å². The number of methoxy groups -OCH3 is 4. The largest absolute Gasteiger partial charge is 0.496 e. The van der Waals surface area contributed by atoms with E-state index in [1.165, 1.54) is 0 Å². The normalized spacial score (nSPS) is 10.6. The summed E-state index contributed by atoms with van der Waals surface area (Å²) in [5.74, 6) is 3.56. The summed E-state index contributed by atoms with van der Waals surface area (Å²) in [4.78, 5) is 0. The number of nitrogens with zero attached hydrogens (tertiary/aromatic N) is 2. The summed E-state index contributed by atoms with van der Waals surface area (Å²) >= 11 is 3.46. The maximum Gasteiger partial charge on any atom is 0.247 e. The van der Waals surface area contributed by atoms with Crippen LogP contribution in [0.1, 0.15) is 11.5 Å². The first-order valence-corrected chi connectivity index (χ1v) is 9.34. The van der Waals surface area contributed by atoms with Crippen LogP contribution < -0.4 is 18.9 Å². The van der Waals surface area contributed by atoms with Crippen molar-refractivity contribution in [2.24, 2.45) is 0 Å². The molecule has 0 spiro atoms. The Morgan fingerprint density at radius 3 is 2.07 bits per heavy atom. The highest BCUT2D eigenvalue weighted by Crippen LogP contribution is 2.38. The van der Waals surface area contributed by atoms with Gasteiger partial charge in [0.15, 0.2) is 11.5 Å². The van der Waals surface area contributed by atoms with Crippen LogP contribution in [0.3, 0.4) is 0 Å². The number of hydrogen-bond donors (Lipinski definition) is 0. The fraction of sp³-hybridized carbons (Fsp3) is 0.300. The van der Waals surface area contributed by atoms with Crippen molar-refractivity contribution in [3.05, 3.63) is 46.3 Å². The molecule has 2 aromatic carbocycles. The minimum atomic E-state index is 0.461. The molecule has 0 saturated heterocycles. The van der Waals surface area contributed by atoms with Gasteiger partial charge < -0.3 is 23.4 Å². The van der Waals surface area contributed by atoms with Gasteiger partial charge in [-0.2, -0.15) is 0 Å². The lowest BCUT2D eigenvalue weighted by atomic mass is 10.1. The Morgan fingerprint density at radius 2 is 1.50 bits per heavy atom. The van der Waals surface area contributed by atoms with E-state index < -0.39 is 0 Å². The van der Waals surface area contributed by atoms with Gasteiger partial charge in [0.05, 0.1) is 32.9 Å². The highest BCUT2D eigenvalue weighted by atomic mass is 79.9. The molecule has 0 unspecified atom stereocenters. The molecule has 0 aliphatic carbocycles. The van der Waals surface area contributed by atoms with Gasteiger partial charge in [-0.15, -0.1) is 10.2 Å². The van der Waals surface area contributed by atoms with E-state index in [4.69, 9.17) is 23.4 Å². The first-order chi connectivity index (χ1) is 13.6. The summed E-state index contributed by atoms with van der Waals surface area (Å²) in [6, 6.07) is 9.44. The number of benzene rings is 2. The van der Waals surface area contributed by atoms with Gasteiger partial charge >= 0.3 is 0 Å². The molecule has 7 nitrogen and oxygen atoms in total. The summed E-state index contributed by atoms with van der Waals surface area (Å²) in [5.41, 5.74) is 1.83. The molecule has 0 amide bonds. The molecule has 1 heterocycles. The molecule has 28 heavy (non-hydrogen) atoms. The zero-order valence-electron chi connectivity index (χ0n) is 16.1. The van der Waals surface area contributed by atoms with Gasteiger partial charge in [0.2, 0.25) is 17.5 Å². The van der Waals surface area contributed by atoms with Crippen LogP contribution in [0, 0.1) is 0 Å². The third-order valence-corrected chi connectivity index (χ3v) is 4.84. The lowest BCUT2D eigenvalue weighted by molar-refractivity contribution is 0.323. The maximum absolute atomic E-state index is 5.81. The molecule has 0 bridgehead atoms. The van der Waals surface area contributed by atoms with E-state index in [2.05, 4.69) is 26.1 Å². The van der Waals surface area contributed by atoms with Crippen LogP contribution in [0.5, 0.6) is 23.0 Å². The predicted octanol–water partition coefficient (Wildman–Crippen LogP) is 4.32. The lowest BCUT2D eigenvalue weighted by Gasteiger charge is -2.13. The van der Waals surface area contributed by atoms with Crippen molar-refractivity contribution in [1.82, 2.24) is 10.2 Å². The van der Waals surface area contributed by atoms with Crippen LogP contribution in [0.15, 0.2) is 39.2 Å². The third kappa shape index (κ3) is 4.22. The van der Waals surface area contributed by atoms with Crippen LogP contribution in [-0.2, 0) is 12.8 Å². The zero-order valence-corrected chi connectivity index (χ0v) is 17.7.